The van der Waals surface area contributed by atoms with E-state index in [2.05, 4.69) is 42.5 Å². The van der Waals surface area contributed by atoms with Gasteiger partial charge in [0.25, 0.3) is 0 Å². The Hall–Kier alpha value is -1.14. The van der Waals surface area contributed by atoms with E-state index in [1.807, 2.05) is 13.8 Å². The van der Waals surface area contributed by atoms with Crippen LogP contribution in [0.4, 0.5) is 5.00 Å². The summed E-state index contributed by atoms with van der Waals surface area (Å²) in [5.74, 6) is 0.293. The molecule has 1 N–H and O–H groups in total. The van der Waals surface area contributed by atoms with Crippen LogP contribution in [0.1, 0.15) is 43.2 Å². The van der Waals surface area contributed by atoms with Gasteiger partial charge in [-0.2, -0.15) is 4.37 Å². The molecule has 0 aliphatic heterocycles. The van der Waals surface area contributed by atoms with Gasteiger partial charge in [0, 0.05) is 12.6 Å². The van der Waals surface area contributed by atoms with Crippen molar-refractivity contribution >= 4 is 22.5 Å². The minimum Gasteiger partial charge on any atom is -0.462 e. The third-order valence-corrected chi connectivity index (χ3v) is 3.89. The lowest BCUT2D eigenvalue weighted by Crippen LogP contribution is -2.33. The average Bonchev–Trinajstić information content (AvgIpc) is 2.69. The monoisotopic (exact) mass is 313 g/mol. The van der Waals surface area contributed by atoms with E-state index in [0.717, 1.165) is 23.7 Å². The van der Waals surface area contributed by atoms with Gasteiger partial charge >= 0.3 is 5.97 Å². The molecule has 6 heteroatoms. The van der Waals surface area contributed by atoms with Gasteiger partial charge in [-0.3, -0.25) is 0 Å². The number of rotatable bonds is 8. The molecule has 0 amide bonds. The molecule has 0 spiro atoms. The zero-order valence-electron chi connectivity index (χ0n) is 13.9. The number of aromatic nitrogens is 1. The number of aryl methyl sites for hydroxylation is 1. The van der Waals surface area contributed by atoms with Crippen LogP contribution in [-0.2, 0) is 4.74 Å². The van der Waals surface area contributed by atoms with E-state index in [4.69, 9.17) is 4.74 Å². The Bertz CT molecular complexity index is 448. The van der Waals surface area contributed by atoms with Crippen LogP contribution in [-0.4, -0.2) is 48.5 Å². The lowest BCUT2D eigenvalue weighted by molar-refractivity contribution is 0.0527. The van der Waals surface area contributed by atoms with Crippen LogP contribution < -0.4 is 5.32 Å². The van der Waals surface area contributed by atoms with E-state index < -0.39 is 0 Å². The standard InChI is InChI=1S/C15H27N3O2S/c1-7-20-15(19)13-11(4)17-21-14(13)16-12(8-10(2)3)9-18(5)6/h10,12,16H,7-9H2,1-6H3. The fourth-order valence-electron chi connectivity index (χ4n) is 2.29. The zero-order chi connectivity index (χ0) is 16.0. The Labute approximate surface area is 131 Å². The molecule has 120 valence electrons. The van der Waals surface area contributed by atoms with E-state index in [-0.39, 0.29) is 12.0 Å². The fraction of sp³-hybridized carbons (Fsp3) is 0.733. The predicted octanol–water partition coefficient (Wildman–Crippen LogP) is 3.02. The van der Waals surface area contributed by atoms with Gasteiger partial charge in [-0.1, -0.05) is 13.8 Å². The molecule has 0 saturated heterocycles. The molecule has 1 aromatic rings. The lowest BCUT2D eigenvalue weighted by atomic mass is 10.0. The van der Waals surface area contributed by atoms with Gasteiger partial charge in [0.2, 0.25) is 0 Å². The van der Waals surface area contributed by atoms with Gasteiger partial charge in [-0.05, 0) is 51.8 Å². The highest BCUT2D eigenvalue weighted by Crippen LogP contribution is 2.27. The minimum absolute atomic E-state index is 0.285. The van der Waals surface area contributed by atoms with Crippen LogP contribution in [0.2, 0.25) is 0 Å². The second-order valence-electron chi connectivity index (χ2n) is 5.93. The highest BCUT2D eigenvalue weighted by molar-refractivity contribution is 7.10. The normalized spacial score (nSPS) is 12.8. The molecule has 0 radical (unpaired) electrons. The van der Waals surface area contributed by atoms with Gasteiger partial charge in [0.05, 0.1) is 12.3 Å². The maximum absolute atomic E-state index is 12.1. The number of carbonyl (C=O) groups excluding carboxylic acids is 1. The number of nitrogens with zero attached hydrogens (tertiary/aromatic N) is 2. The minimum atomic E-state index is -0.292. The van der Waals surface area contributed by atoms with Crippen molar-refractivity contribution in [2.75, 3.05) is 32.6 Å². The summed E-state index contributed by atoms with van der Waals surface area (Å²) in [4.78, 5) is 14.2. The first-order valence-corrected chi connectivity index (χ1v) is 8.17. The van der Waals surface area contributed by atoms with Crippen molar-refractivity contribution in [3.63, 3.8) is 0 Å². The maximum atomic E-state index is 12.1. The van der Waals surface area contributed by atoms with Gasteiger partial charge in [-0.15, -0.1) is 0 Å². The predicted molar refractivity (Wildman–Crippen MR) is 88.2 cm³/mol. The van der Waals surface area contributed by atoms with Gasteiger partial charge in [-0.25, -0.2) is 4.79 Å². The SMILES string of the molecule is CCOC(=O)c1c(C)nsc1NC(CC(C)C)CN(C)C. The highest BCUT2D eigenvalue weighted by atomic mass is 32.1. The third-order valence-electron chi connectivity index (χ3n) is 3.02. The Morgan fingerprint density at radius 1 is 1.43 bits per heavy atom. The van der Waals surface area contributed by atoms with E-state index >= 15 is 0 Å². The summed E-state index contributed by atoms with van der Waals surface area (Å²) < 4.78 is 9.42. The summed E-state index contributed by atoms with van der Waals surface area (Å²) in [5.41, 5.74) is 1.31. The number of carbonyl (C=O) groups is 1. The van der Waals surface area contributed by atoms with Gasteiger partial charge in [0.1, 0.15) is 10.6 Å². The quantitative estimate of drug-likeness (QED) is 0.748. The number of hydrogen-bond donors (Lipinski definition) is 1. The first kappa shape index (κ1) is 17.9. The average molecular weight is 313 g/mol. The van der Waals surface area contributed by atoms with Crippen molar-refractivity contribution in [3.8, 4) is 0 Å². The van der Waals surface area contributed by atoms with E-state index in [1.54, 1.807) is 0 Å². The Morgan fingerprint density at radius 3 is 2.62 bits per heavy atom. The topological polar surface area (TPSA) is 54.5 Å². The summed E-state index contributed by atoms with van der Waals surface area (Å²) in [6, 6.07) is 0.285. The summed E-state index contributed by atoms with van der Waals surface area (Å²) in [6.45, 7) is 9.35. The lowest BCUT2D eigenvalue weighted by Gasteiger charge is -2.24. The summed E-state index contributed by atoms with van der Waals surface area (Å²) in [7, 11) is 4.11. The zero-order valence-corrected chi connectivity index (χ0v) is 14.7. The third kappa shape index (κ3) is 5.63. The Balaban J connectivity index is 2.90. The summed E-state index contributed by atoms with van der Waals surface area (Å²) in [5, 5.41) is 4.30. The Kier molecular flexibility index (Phi) is 7.11. The number of hydrogen-bond acceptors (Lipinski definition) is 6. The van der Waals surface area contributed by atoms with Crippen molar-refractivity contribution in [2.24, 2.45) is 5.92 Å². The smallest absolute Gasteiger partial charge is 0.343 e. The molecule has 5 nitrogen and oxygen atoms in total. The van der Waals surface area contributed by atoms with Crippen LogP contribution in [0.5, 0.6) is 0 Å². The molecule has 21 heavy (non-hydrogen) atoms. The number of anilines is 1. The molecule has 0 aliphatic rings. The second-order valence-corrected chi connectivity index (χ2v) is 6.70. The molecule has 1 aromatic heterocycles. The van der Waals surface area contributed by atoms with E-state index in [1.165, 1.54) is 11.5 Å². The van der Waals surface area contributed by atoms with E-state index in [0.29, 0.717) is 18.1 Å². The molecule has 0 bridgehead atoms. The van der Waals surface area contributed by atoms with Crippen LogP contribution in [0.3, 0.4) is 0 Å². The van der Waals surface area contributed by atoms with Crippen LogP contribution in [0, 0.1) is 12.8 Å². The molecular formula is C15H27N3O2S. The van der Waals surface area contributed by atoms with Crippen molar-refractivity contribution in [1.82, 2.24) is 9.27 Å². The van der Waals surface area contributed by atoms with Crippen LogP contribution in [0.25, 0.3) is 0 Å². The number of esters is 1. The van der Waals surface area contributed by atoms with Crippen molar-refractivity contribution in [2.45, 2.75) is 40.2 Å². The molecule has 1 unspecified atom stereocenters. The summed E-state index contributed by atoms with van der Waals surface area (Å²) >= 11 is 1.33. The molecule has 1 rings (SSSR count). The Morgan fingerprint density at radius 2 is 2.10 bits per heavy atom. The summed E-state index contributed by atoms with van der Waals surface area (Å²) in [6.07, 6.45) is 1.04. The van der Waals surface area contributed by atoms with Crippen LogP contribution in [0.15, 0.2) is 0 Å². The molecule has 0 fully saturated rings. The highest BCUT2D eigenvalue weighted by Gasteiger charge is 2.22. The molecule has 0 aliphatic carbocycles. The van der Waals surface area contributed by atoms with Crippen molar-refractivity contribution < 1.29 is 9.53 Å². The molecule has 0 saturated carbocycles. The molecule has 1 heterocycles. The first-order chi connectivity index (χ1) is 9.85. The molecule has 0 aromatic carbocycles. The number of nitrogens with one attached hydrogen (secondary N) is 1. The number of likely N-dealkylation sites (N-methyl/N-ethyl adjacent to an activating group) is 1. The second kappa shape index (κ2) is 8.34. The van der Waals surface area contributed by atoms with Gasteiger partial charge in [0.15, 0.2) is 0 Å². The van der Waals surface area contributed by atoms with Gasteiger partial charge < -0.3 is 15.0 Å². The molecule has 1 atom stereocenters. The maximum Gasteiger partial charge on any atom is 0.343 e. The fourth-order valence-corrected chi connectivity index (χ4v) is 3.15. The molecular weight excluding hydrogens is 286 g/mol. The van der Waals surface area contributed by atoms with Crippen LogP contribution >= 0.6 is 11.5 Å². The van der Waals surface area contributed by atoms with Crippen molar-refractivity contribution in [3.05, 3.63) is 11.3 Å². The number of ether oxygens (including phenoxy) is 1. The largest absolute Gasteiger partial charge is 0.462 e. The first-order valence-electron chi connectivity index (χ1n) is 7.39. The van der Waals surface area contributed by atoms with E-state index in [9.17, 15) is 4.79 Å². The van der Waals surface area contributed by atoms with Crippen molar-refractivity contribution in [1.29, 1.82) is 0 Å².